The first-order valence-corrected chi connectivity index (χ1v) is 8.79. The summed E-state index contributed by atoms with van der Waals surface area (Å²) in [5.41, 5.74) is -0.405. The van der Waals surface area contributed by atoms with Crippen molar-refractivity contribution in [1.82, 2.24) is 15.1 Å². The fraction of sp³-hybridized carbons (Fsp3) is 0.941. The fourth-order valence-electron chi connectivity index (χ4n) is 2.88. The van der Waals surface area contributed by atoms with Gasteiger partial charge in [0, 0.05) is 32.2 Å². The molecular weight excluding hydrogens is 278 g/mol. The van der Waals surface area contributed by atoms with Crippen molar-refractivity contribution >= 4 is 6.09 Å². The lowest BCUT2D eigenvalue weighted by Crippen LogP contribution is -2.50. The zero-order valence-electron chi connectivity index (χ0n) is 14.7. The Kier molecular flexibility index (Phi) is 6.09. The van der Waals surface area contributed by atoms with Crippen molar-refractivity contribution in [3.8, 4) is 0 Å². The highest BCUT2D eigenvalue weighted by atomic mass is 16.6. The summed E-state index contributed by atoms with van der Waals surface area (Å²) in [6.45, 7) is 13.7. The molecule has 2 rings (SSSR count). The van der Waals surface area contributed by atoms with E-state index in [1.54, 1.807) is 0 Å². The molecule has 1 saturated carbocycles. The minimum atomic E-state index is -0.405. The van der Waals surface area contributed by atoms with E-state index in [-0.39, 0.29) is 6.09 Å². The van der Waals surface area contributed by atoms with Crippen molar-refractivity contribution in [3.63, 3.8) is 0 Å². The molecule has 0 aromatic heterocycles. The summed E-state index contributed by atoms with van der Waals surface area (Å²) in [4.78, 5) is 16.3. The minimum Gasteiger partial charge on any atom is -0.444 e. The van der Waals surface area contributed by atoms with Gasteiger partial charge in [-0.15, -0.1) is 0 Å². The smallest absolute Gasteiger partial charge is 0.410 e. The number of carbonyl (C=O) groups is 1. The Balaban J connectivity index is 1.55. The number of hydrogen-bond acceptors (Lipinski definition) is 4. The molecule has 1 amide bonds. The van der Waals surface area contributed by atoms with Crippen molar-refractivity contribution in [2.75, 3.05) is 39.3 Å². The Morgan fingerprint density at radius 3 is 2.41 bits per heavy atom. The molecule has 5 heteroatoms. The quantitative estimate of drug-likeness (QED) is 0.765. The maximum atomic E-state index is 12.0. The van der Waals surface area contributed by atoms with E-state index in [9.17, 15) is 4.79 Å². The molecule has 22 heavy (non-hydrogen) atoms. The summed E-state index contributed by atoms with van der Waals surface area (Å²) < 4.78 is 5.42. The Morgan fingerprint density at radius 1 is 1.23 bits per heavy atom. The van der Waals surface area contributed by atoms with Gasteiger partial charge in [0.2, 0.25) is 0 Å². The summed E-state index contributed by atoms with van der Waals surface area (Å²) >= 11 is 0. The van der Waals surface area contributed by atoms with Gasteiger partial charge in [0.05, 0.1) is 0 Å². The Morgan fingerprint density at radius 2 is 1.86 bits per heavy atom. The van der Waals surface area contributed by atoms with Crippen LogP contribution in [-0.4, -0.2) is 66.8 Å². The monoisotopic (exact) mass is 311 g/mol. The van der Waals surface area contributed by atoms with Crippen LogP contribution in [0.3, 0.4) is 0 Å². The number of rotatable bonds is 6. The largest absolute Gasteiger partial charge is 0.444 e. The number of amides is 1. The molecule has 0 aromatic carbocycles. The number of hydrogen-bond donors (Lipinski definition) is 1. The molecule has 2 aliphatic rings. The predicted molar refractivity (Wildman–Crippen MR) is 89.1 cm³/mol. The lowest BCUT2D eigenvalue weighted by atomic mass is 10.2. The minimum absolute atomic E-state index is 0.174. The van der Waals surface area contributed by atoms with Gasteiger partial charge in [-0.2, -0.15) is 0 Å². The molecule has 1 aliphatic carbocycles. The molecule has 1 unspecified atom stereocenters. The van der Waals surface area contributed by atoms with E-state index < -0.39 is 5.60 Å². The highest BCUT2D eigenvalue weighted by Crippen LogP contribution is 2.32. The standard InChI is InChI=1S/C17H33N3O2/c1-14(15-6-7-15)18-8-5-9-19-10-12-20(13-11-19)16(21)22-17(2,3)4/h14-15,18H,5-13H2,1-4H3. The molecule has 2 fully saturated rings. The lowest BCUT2D eigenvalue weighted by molar-refractivity contribution is 0.0144. The molecule has 0 aromatic rings. The zero-order chi connectivity index (χ0) is 16.2. The number of nitrogens with zero attached hydrogens (tertiary/aromatic N) is 2. The summed E-state index contributed by atoms with van der Waals surface area (Å²) in [5, 5.41) is 3.63. The first-order valence-electron chi connectivity index (χ1n) is 8.79. The van der Waals surface area contributed by atoms with Crippen LogP contribution in [0.25, 0.3) is 0 Å². The summed E-state index contributed by atoms with van der Waals surface area (Å²) in [7, 11) is 0. The number of ether oxygens (including phenoxy) is 1. The summed E-state index contributed by atoms with van der Waals surface area (Å²) in [5.74, 6) is 0.928. The van der Waals surface area contributed by atoms with Crippen molar-refractivity contribution in [3.05, 3.63) is 0 Å². The van der Waals surface area contributed by atoms with Crippen LogP contribution < -0.4 is 5.32 Å². The third-order valence-corrected chi connectivity index (χ3v) is 4.47. The van der Waals surface area contributed by atoms with Gasteiger partial charge in [-0.05, 0) is 66.0 Å². The van der Waals surface area contributed by atoms with Crippen LogP contribution in [0.5, 0.6) is 0 Å². The van der Waals surface area contributed by atoms with Gasteiger partial charge in [0.25, 0.3) is 0 Å². The van der Waals surface area contributed by atoms with Gasteiger partial charge >= 0.3 is 6.09 Å². The van der Waals surface area contributed by atoms with Crippen molar-refractivity contribution < 1.29 is 9.53 Å². The molecule has 1 heterocycles. The van der Waals surface area contributed by atoms with Gasteiger partial charge < -0.3 is 15.0 Å². The van der Waals surface area contributed by atoms with E-state index in [4.69, 9.17) is 4.74 Å². The molecule has 1 N–H and O–H groups in total. The molecule has 0 radical (unpaired) electrons. The average molecular weight is 311 g/mol. The number of carbonyl (C=O) groups excluding carboxylic acids is 1. The van der Waals surface area contributed by atoms with Crippen molar-refractivity contribution in [1.29, 1.82) is 0 Å². The Labute approximate surface area is 135 Å². The second-order valence-corrected chi connectivity index (χ2v) is 7.74. The van der Waals surface area contributed by atoms with Crippen LogP contribution in [0, 0.1) is 5.92 Å². The van der Waals surface area contributed by atoms with Crippen LogP contribution in [0.4, 0.5) is 4.79 Å². The van der Waals surface area contributed by atoms with Crippen LogP contribution in [0.15, 0.2) is 0 Å². The molecule has 5 nitrogen and oxygen atoms in total. The number of nitrogens with one attached hydrogen (secondary N) is 1. The van der Waals surface area contributed by atoms with Gasteiger partial charge in [0.1, 0.15) is 5.60 Å². The third kappa shape index (κ3) is 6.13. The zero-order valence-corrected chi connectivity index (χ0v) is 14.7. The van der Waals surface area contributed by atoms with Crippen LogP contribution in [0.1, 0.15) is 47.0 Å². The van der Waals surface area contributed by atoms with Crippen molar-refractivity contribution in [2.24, 2.45) is 5.92 Å². The second kappa shape index (κ2) is 7.64. The third-order valence-electron chi connectivity index (χ3n) is 4.47. The van der Waals surface area contributed by atoms with Crippen LogP contribution >= 0.6 is 0 Å². The Hall–Kier alpha value is -0.810. The van der Waals surface area contributed by atoms with E-state index in [0.717, 1.165) is 45.2 Å². The first kappa shape index (κ1) is 17.5. The highest BCUT2D eigenvalue weighted by Gasteiger charge is 2.27. The molecule has 0 spiro atoms. The molecule has 128 valence electrons. The van der Waals surface area contributed by atoms with Crippen molar-refractivity contribution in [2.45, 2.75) is 58.6 Å². The van der Waals surface area contributed by atoms with E-state index in [2.05, 4.69) is 17.1 Å². The van der Waals surface area contributed by atoms with Gasteiger partial charge in [-0.1, -0.05) is 0 Å². The number of piperazine rings is 1. The lowest BCUT2D eigenvalue weighted by Gasteiger charge is -2.35. The maximum Gasteiger partial charge on any atom is 0.410 e. The van der Waals surface area contributed by atoms with Crippen LogP contribution in [0.2, 0.25) is 0 Å². The van der Waals surface area contributed by atoms with Gasteiger partial charge in [-0.3, -0.25) is 4.90 Å². The highest BCUT2D eigenvalue weighted by molar-refractivity contribution is 5.68. The fourth-order valence-corrected chi connectivity index (χ4v) is 2.88. The van der Waals surface area contributed by atoms with E-state index >= 15 is 0 Å². The van der Waals surface area contributed by atoms with Gasteiger partial charge in [0.15, 0.2) is 0 Å². The molecule has 1 aliphatic heterocycles. The summed E-state index contributed by atoms with van der Waals surface area (Å²) in [6.07, 6.45) is 3.82. The molecule has 1 saturated heterocycles. The van der Waals surface area contributed by atoms with E-state index in [1.807, 2.05) is 25.7 Å². The average Bonchev–Trinajstić information content (AvgIpc) is 3.26. The normalized spacial score (nSPS) is 21.7. The SMILES string of the molecule is CC(NCCCN1CCN(C(=O)OC(C)(C)C)CC1)C1CC1. The Bertz CT molecular complexity index is 355. The molecule has 1 atom stereocenters. The predicted octanol–water partition coefficient (Wildman–Crippen LogP) is 2.32. The second-order valence-electron chi connectivity index (χ2n) is 7.74. The maximum absolute atomic E-state index is 12.0. The summed E-state index contributed by atoms with van der Waals surface area (Å²) in [6, 6.07) is 0.684. The van der Waals surface area contributed by atoms with E-state index in [0.29, 0.717) is 6.04 Å². The van der Waals surface area contributed by atoms with Gasteiger partial charge in [-0.25, -0.2) is 4.79 Å². The first-order chi connectivity index (χ1) is 10.3. The topological polar surface area (TPSA) is 44.8 Å². The van der Waals surface area contributed by atoms with Crippen LogP contribution in [-0.2, 0) is 4.74 Å². The molecule has 0 bridgehead atoms. The molecular formula is C17H33N3O2. The van der Waals surface area contributed by atoms with E-state index in [1.165, 1.54) is 19.3 Å².